The van der Waals surface area contributed by atoms with Crippen molar-refractivity contribution in [2.45, 2.75) is 13.3 Å². The first-order chi connectivity index (χ1) is 6.74. The smallest absolute Gasteiger partial charge is 0.251 e. The predicted molar refractivity (Wildman–Crippen MR) is 58.8 cm³/mol. The number of amides is 1. The van der Waals surface area contributed by atoms with Gasteiger partial charge in [-0.2, -0.15) is 0 Å². The van der Waals surface area contributed by atoms with E-state index in [0.717, 1.165) is 12.0 Å². The average Bonchev–Trinajstić information content (AvgIpc) is 2.19. The van der Waals surface area contributed by atoms with Crippen LogP contribution in [0, 0.1) is 6.92 Å². The van der Waals surface area contributed by atoms with Gasteiger partial charge in [0.25, 0.3) is 5.91 Å². The summed E-state index contributed by atoms with van der Waals surface area (Å²) in [7, 11) is 0. The quantitative estimate of drug-likeness (QED) is 0.601. The fraction of sp³-hybridized carbons (Fsp3) is 0.364. The van der Waals surface area contributed by atoms with Crippen LogP contribution in [0.3, 0.4) is 0 Å². The third kappa shape index (κ3) is 3.38. The van der Waals surface area contributed by atoms with Gasteiger partial charge in [0, 0.05) is 18.0 Å². The van der Waals surface area contributed by atoms with E-state index >= 15 is 0 Å². The Bertz CT molecular complexity index is 295. The summed E-state index contributed by atoms with van der Waals surface area (Å²) >= 11 is 5.50. The summed E-state index contributed by atoms with van der Waals surface area (Å²) < 4.78 is 0. The maximum Gasteiger partial charge on any atom is 0.251 e. The first-order valence-electron chi connectivity index (χ1n) is 4.65. The van der Waals surface area contributed by atoms with Gasteiger partial charge >= 0.3 is 0 Å². The molecule has 0 aliphatic heterocycles. The van der Waals surface area contributed by atoms with Crippen molar-refractivity contribution in [3.05, 3.63) is 35.4 Å². The highest BCUT2D eigenvalue weighted by Crippen LogP contribution is 2.02. The average molecular weight is 212 g/mol. The zero-order chi connectivity index (χ0) is 10.4. The lowest BCUT2D eigenvalue weighted by molar-refractivity contribution is 0.0954. The third-order valence-electron chi connectivity index (χ3n) is 1.91. The molecule has 14 heavy (non-hydrogen) atoms. The molecule has 1 amide bonds. The topological polar surface area (TPSA) is 29.1 Å². The number of aryl methyl sites for hydroxylation is 1. The number of carbonyl (C=O) groups excluding carboxylic acids is 1. The van der Waals surface area contributed by atoms with Gasteiger partial charge in [0.1, 0.15) is 0 Å². The van der Waals surface area contributed by atoms with Crippen LogP contribution in [0.15, 0.2) is 24.3 Å². The summed E-state index contributed by atoms with van der Waals surface area (Å²) in [6.45, 7) is 2.63. The Labute approximate surface area is 89.3 Å². The number of halogens is 1. The molecule has 1 aromatic carbocycles. The Morgan fingerprint density at radius 2 is 2.00 bits per heavy atom. The van der Waals surface area contributed by atoms with E-state index in [1.807, 2.05) is 31.2 Å². The lowest BCUT2D eigenvalue weighted by Crippen LogP contribution is -2.24. The van der Waals surface area contributed by atoms with Gasteiger partial charge in [0.05, 0.1) is 0 Å². The van der Waals surface area contributed by atoms with Gasteiger partial charge in [-0.25, -0.2) is 0 Å². The van der Waals surface area contributed by atoms with E-state index in [1.165, 1.54) is 0 Å². The van der Waals surface area contributed by atoms with Crippen LogP contribution in [-0.4, -0.2) is 18.3 Å². The first kappa shape index (κ1) is 11.1. The second-order valence-electron chi connectivity index (χ2n) is 3.16. The highest BCUT2D eigenvalue weighted by Gasteiger charge is 2.02. The van der Waals surface area contributed by atoms with Crippen molar-refractivity contribution in [3.8, 4) is 0 Å². The molecule has 0 heterocycles. The lowest BCUT2D eigenvalue weighted by atomic mass is 10.1. The third-order valence-corrected chi connectivity index (χ3v) is 2.18. The zero-order valence-electron chi connectivity index (χ0n) is 8.22. The van der Waals surface area contributed by atoms with Crippen LogP contribution in [0.25, 0.3) is 0 Å². The molecule has 0 saturated heterocycles. The molecule has 76 valence electrons. The van der Waals surface area contributed by atoms with Crippen LogP contribution in [0.4, 0.5) is 0 Å². The van der Waals surface area contributed by atoms with Gasteiger partial charge in [0.2, 0.25) is 0 Å². The summed E-state index contributed by atoms with van der Waals surface area (Å²) in [6.07, 6.45) is 0.805. The van der Waals surface area contributed by atoms with Crippen LogP contribution in [0.1, 0.15) is 22.3 Å². The lowest BCUT2D eigenvalue weighted by Gasteiger charge is -2.03. The van der Waals surface area contributed by atoms with Gasteiger partial charge in [-0.15, -0.1) is 11.6 Å². The highest BCUT2D eigenvalue weighted by molar-refractivity contribution is 6.17. The van der Waals surface area contributed by atoms with Crippen molar-refractivity contribution >= 4 is 17.5 Å². The van der Waals surface area contributed by atoms with E-state index in [2.05, 4.69) is 5.32 Å². The number of carbonyl (C=O) groups is 1. The fourth-order valence-electron chi connectivity index (χ4n) is 1.08. The Hall–Kier alpha value is -1.02. The minimum Gasteiger partial charge on any atom is -0.352 e. The summed E-state index contributed by atoms with van der Waals surface area (Å²) in [5.74, 6) is 0.545. The first-order valence-corrected chi connectivity index (χ1v) is 5.18. The van der Waals surface area contributed by atoms with E-state index in [4.69, 9.17) is 11.6 Å². The SMILES string of the molecule is Cc1ccc(C(=O)NCCCCl)cc1. The molecule has 2 nitrogen and oxygen atoms in total. The van der Waals surface area contributed by atoms with Crippen LogP contribution >= 0.6 is 11.6 Å². The van der Waals surface area contributed by atoms with Crippen molar-refractivity contribution in [1.29, 1.82) is 0 Å². The van der Waals surface area contributed by atoms with E-state index in [0.29, 0.717) is 18.0 Å². The molecule has 0 radical (unpaired) electrons. The van der Waals surface area contributed by atoms with Gasteiger partial charge in [0.15, 0.2) is 0 Å². The van der Waals surface area contributed by atoms with Crippen molar-refractivity contribution in [3.63, 3.8) is 0 Å². The summed E-state index contributed by atoms with van der Waals surface area (Å²) in [5, 5.41) is 2.80. The molecule has 1 aromatic rings. The number of hydrogen-bond acceptors (Lipinski definition) is 1. The van der Waals surface area contributed by atoms with Crippen molar-refractivity contribution in [1.82, 2.24) is 5.32 Å². The Morgan fingerprint density at radius 1 is 1.36 bits per heavy atom. The second-order valence-corrected chi connectivity index (χ2v) is 3.54. The minimum atomic E-state index is -0.0323. The largest absolute Gasteiger partial charge is 0.352 e. The highest BCUT2D eigenvalue weighted by atomic mass is 35.5. The Morgan fingerprint density at radius 3 is 2.57 bits per heavy atom. The molecule has 0 fully saturated rings. The van der Waals surface area contributed by atoms with Crippen molar-refractivity contribution < 1.29 is 4.79 Å². The summed E-state index contributed by atoms with van der Waals surface area (Å²) in [6, 6.07) is 7.50. The van der Waals surface area contributed by atoms with Gasteiger partial charge < -0.3 is 5.32 Å². The van der Waals surface area contributed by atoms with Crippen molar-refractivity contribution in [2.24, 2.45) is 0 Å². The van der Waals surface area contributed by atoms with Crippen LogP contribution in [0.5, 0.6) is 0 Å². The Balaban J connectivity index is 2.48. The monoisotopic (exact) mass is 211 g/mol. The maximum absolute atomic E-state index is 11.5. The molecular formula is C11H14ClNO. The molecule has 0 aromatic heterocycles. The summed E-state index contributed by atoms with van der Waals surface area (Å²) in [5.41, 5.74) is 1.85. The van der Waals surface area contributed by atoms with E-state index in [1.54, 1.807) is 0 Å². The minimum absolute atomic E-state index is 0.0323. The maximum atomic E-state index is 11.5. The van der Waals surface area contributed by atoms with Gasteiger partial charge in [-0.1, -0.05) is 17.7 Å². The van der Waals surface area contributed by atoms with E-state index < -0.39 is 0 Å². The number of benzene rings is 1. The zero-order valence-corrected chi connectivity index (χ0v) is 8.97. The van der Waals surface area contributed by atoms with E-state index in [-0.39, 0.29) is 5.91 Å². The van der Waals surface area contributed by atoms with Crippen LogP contribution in [-0.2, 0) is 0 Å². The number of hydrogen-bond donors (Lipinski definition) is 1. The summed E-state index contributed by atoms with van der Waals surface area (Å²) in [4.78, 5) is 11.5. The van der Waals surface area contributed by atoms with Gasteiger partial charge in [-0.3, -0.25) is 4.79 Å². The molecule has 0 atom stereocenters. The molecule has 0 aliphatic carbocycles. The normalized spacial score (nSPS) is 9.86. The molecule has 0 aliphatic rings. The number of rotatable bonds is 4. The van der Waals surface area contributed by atoms with Crippen LogP contribution in [0.2, 0.25) is 0 Å². The molecule has 1 rings (SSSR count). The number of alkyl halides is 1. The standard InChI is InChI=1S/C11H14ClNO/c1-9-3-5-10(6-4-9)11(14)13-8-2-7-12/h3-6H,2,7-8H2,1H3,(H,13,14). The molecule has 0 saturated carbocycles. The molecule has 0 bridgehead atoms. The molecule has 0 unspecified atom stereocenters. The fourth-order valence-corrected chi connectivity index (χ4v) is 1.21. The Kier molecular flexibility index (Phi) is 4.47. The number of nitrogens with one attached hydrogen (secondary N) is 1. The molecule has 0 spiro atoms. The molecule has 1 N–H and O–H groups in total. The van der Waals surface area contributed by atoms with E-state index in [9.17, 15) is 4.79 Å². The second kappa shape index (κ2) is 5.66. The molecular weight excluding hydrogens is 198 g/mol. The van der Waals surface area contributed by atoms with Crippen molar-refractivity contribution in [2.75, 3.05) is 12.4 Å². The molecule has 3 heteroatoms. The van der Waals surface area contributed by atoms with Crippen LogP contribution < -0.4 is 5.32 Å². The van der Waals surface area contributed by atoms with Gasteiger partial charge in [-0.05, 0) is 25.5 Å². The predicted octanol–water partition coefficient (Wildman–Crippen LogP) is 2.35.